The molecule has 2 nitrogen and oxygen atoms in total. The van der Waals surface area contributed by atoms with Gasteiger partial charge in [0.05, 0.1) is 10.6 Å². The smallest absolute Gasteiger partial charge is 0.135 e. The Balaban J connectivity index is 2.21. The lowest BCUT2D eigenvalue weighted by atomic mass is 10.0. The Bertz CT molecular complexity index is 605. The van der Waals surface area contributed by atoms with Gasteiger partial charge in [0.25, 0.3) is 0 Å². The molecule has 0 atom stereocenters. The fourth-order valence-corrected chi connectivity index (χ4v) is 2.70. The van der Waals surface area contributed by atoms with E-state index in [1.54, 1.807) is 0 Å². The number of nitrogens with two attached hydrogens (primary N) is 1. The summed E-state index contributed by atoms with van der Waals surface area (Å²) in [5.41, 5.74) is 10.7. The number of hydrogen-bond donors (Lipinski definition) is 1. The molecule has 0 aliphatic rings. The minimum Gasteiger partial charge on any atom is -0.490 e. The summed E-state index contributed by atoms with van der Waals surface area (Å²) in [5.74, 6) is 0.799. The lowest BCUT2D eigenvalue weighted by Gasteiger charge is -2.15. The quantitative estimate of drug-likeness (QED) is 0.774. The second-order valence-electron chi connectivity index (χ2n) is 5.49. The zero-order chi connectivity index (χ0) is 15.4. The third-order valence-electron chi connectivity index (χ3n) is 3.38. The maximum absolute atomic E-state index is 6.17. The second kappa shape index (κ2) is 6.99. The molecule has 0 aliphatic heterocycles. The molecule has 2 aromatic carbocycles. The number of ether oxygens (including phenoxy) is 1. The van der Waals surface area contributed by atoms with E-state index in [9.17, 15) is 0 Å². The van der Waals surface area contributed by atoms with Crippen LogP contribution in [-0.4, -0.2) is 6.10 Å². The predicted octanol–water partition coefficient (Wildman–Crippen LogP) is 4.97. The van der Waals surface area contributed by atoms with Crippen LogP contribution in [0.4, 0.5) is 5.69 Å². The minimum absolute atomic E-state index is 0.133. The third kappa shape index (κ3) is 4.24. The molecule has 0 fully saturated rings. The van der Waals surface area contributed by atoms with Crippen molar-refractivity contribution in [3.05, 3.63) is 57.6 Å². The van der Waals surface area contributed by atoms with E-state index in [2.05, 4.69) is 53.2 Å². The third-order valence-corrected chi connectivity index (χ3v) is 4.00. The molecule has 0 saturated heterocycles. The van der Waals surface area contributed by atoms with Gasteiger partial charge in [-0.25, -0.2) is 0 Å². The molecule has 2 rings (SSSR count). The van der Waals surface area contributed by atoms with Crippen molar-refractivity contribution in [2.45, 2.75) is 39.7 Å². The highest BCUT2D eigenvalue weighted by Crippen LogP contribution is 2.32. The summed E-state index contributed by atoms with van der Waals surface area (Å²) in [7, 11) is 0. The van der Waals surface area contributed by atoms with Crippen molar-refractivity contribution in [3.8, 4) is 5.75 Å². The van der Waals surface area contributed by atoms with Gasteiger partial charge in [-0.2, -0.15) is 0 Å². The van der Waals surface area contributed by atoms with Gasteiger partial charge in [-0.15, -0.1) is 0 Å². The van der Waals surface area contributed by atoms with E-state index in [1.807, 2.05) is 19.9 Å². The van der Waals surface area contributed by atoms with E-state index in [-0.39, 0.29) is 6.10 Å². The molecule has 0 heterocycles. The van der Waals surface area contributed by atoms with Crippen LogP contribution >= 0.6 is 15.9 Å². The van der Waals surface area contributed by atoms with Crippen LogP contribution in [0.2, 0.25) is 0 Å². The molecular formula is C18H22BrNO. The van der Waals surface area contributed by atoms with Crippen LogP contribution in [0.25, 0.3) is 0 Å². The van der Waals surface area contributed by atoms with Crippen LogP contribution in [0.15, 0.2) is 40.9 Å². The Morgan fingerprint density at radius 1 is 1.10 bits per heavy atom. The van der Waals surface area contributed by atoms with Crippen molar-refractivity contribution in [2.75, 3.05) is 5.73 Å². The normalized spacial score (nSPS) is 10.9. The van der Waals surface area contributed by atoms with E-state index >= 15 is 0 Å². The average Bonchev–Trinajstić information content (AvgIpc) is 2.44. The van der Waals surface area contributed by atoms with Crippen molar-refractivity contribution in [1.82, 2.24) is 0 Å². The Labute approximate surface area is 135 Å². The number of anilines is 1. The van der Waals surface area contributed by atoms with Crippen molar-refractivity contribution >= 4 is 21.6 Å². The van der Waals surface area contributed by atoms with Gasteiger partial charge in [0.2, 0.25) is 0 Å². The van der Waals surface area contributed by atoms with Crippen molar-refractivity contribution < 1.29 is 4.74 Å². The standard InChI is InChI=1S/C18H22BrNO/c1-4-13-5-7-14(8-6-13)9-15-10-16(19)18(11-17(15)20)21-12(2)3/h5-8,10-12H,4,9,20H2,1-3H3. The molecule has 3 heteroatoms. The average molecular weight is 348 g/mol. The van der Waals surface area contributed by atoms with Crippen LogP contribution in [0.3, 0.4) is 0 Å². The Morgan fingerprint density at radius 2 is 1.71 bits per heavy atom. The molecule has 0 radical (unpaired) electrons. The van der Waals surface area contributed by atoms with Gasteiger partial charge in [-0.3, -0.25) is 0 Å². The summed E-state index contributed by atoms with van der Waals surface area (Å²) in [6.45, 7) is 6.18. The van der Waals surface area contributed by atoms with Gasteiger partial charge in [-0.05, 0) is 65.4 Å². The summed E-state index contributed by atoms with van der Waals surface area (Å²) in [5, 5.41) is 0. The van der Waals surface area contributed by atoms with E-state index in [0.717, 1.165) is 34.3 Å². The van der Waals surface area contributed by atoms with Gasteiger partial charge in [0, 0.05) is 11.8 Å². The maximum Gasteiger partial charge on any atom is 0.135 e. The molecular weight excluding hydrogens is 326 g/mol. The monoisotopic (exact) mass is 347 g/mol. The molecule has 0 saturated carbocycles. The first-order chi connectivity index (χ1) is 9.99. The molecule has 0 spiro atoms. The van der Waals surface area contributed by atoms with Crippen molar-refractivity contribution in [2.24, 2.45) is 0 Å². The Hall–Kier alpha value is -1.48. The number of benzene rings is 2. The zero-order valence-corrected chi connectivity index (χ0v) is 14.4. The van der Waals surface area contributed by atoms with Gasteiger partial charge in [0.15, 0.2) is 0 Å². The summed E-state index contributed by atoms with van der Waals surface area (Å²) in [6.07, 6.45) is 2.03. The van der Waals surface area contributed by atoms with Gasteiger partial charge < -0.3 is 10.5 Å². The lowest BCUT2D eigenvalue weighted by molar-refractivity contribution is 0.241. The van der Waals surface area contributed by atoms with Crippen LogP contribution in [0, 0.1) is 0 Å². The molecule has 0 aromatic heterocycles. The number of hydrogen-bond acceptors (Lipinski definition) is 2. The zero-order valence-electron chi connectivity index (χ0n) is 12.8. The minimum atomic E-state index is 0.133. The maximum atomic E-state index is 6.17. The number of halogens is 1. The van der Waals surface area contributed by atoms with E-state index in [0.29, 0.717) is 0 Å². The highest BCUT2D eigenvalue weighted by molar-refractivity contribution is 9.10. The number of rotatable bonds is 5. The fraction of sp³-hybridized carbons (Fsp3) is 0.333. The molecule has 0 unspecified atom stereocenters. The van der Waals surface area contributed by atoms with Crippen LogP contribution in [0.1, 0.15) is 37.5 Å². The summed E-state index contributed by atoms with van der Waals surface area (Å²) < 4.78 is 6.68. The first-order valence-corrected chi connectivity index (χ1v) is 8.11. The first kappa shape index (κ1) is 15.9. The number of aryl methyl sites for hydroxylation is 1. The van der Waals surface area contributed by atoms with Crippen LogP contribution in [0.5, 0.6) is 5.75 Å². The molecule has 2 N–H and O–H groups in total. The predicted molar refractivity (Wildman–Crippen MR) is 92.9 cm³/mol. The highest BCUT2D eigenvalue weighted by atomic mass is 79.9. The topological polar surface area (TPSA) is 35.2 Å². The molecule has 2 aromatic rings. The molecule has 21 heavy (non-hydrogen) atoms. The van der Waals surface area contributed by atoms with Gasteiger partial charge >= 0.3 is 0 Å². The molecule has 0 aliphatic carbocycles. The Kier molecular flexibility index (Phi) is 5.29. The molecule has 0 bridgehead atoms. The SMILES string of the molecule is CCc1ccc(Cc2cc(Br)c(OC(C)C)cc2N)cc1. The van der Waals surface area contributed by atoms with Crippen LogP contribution < -0.4 is 10.5 Å². The second-order valence-corrected chi connectivity index (χ2v) is 6.35. The highest BCUT2D eigenvalue weighted by Gasteiger charge is 2.09. The fourth-order valence-electron chi connectivity index (χ4n) is 2.22. The van der Waals surface area contributed by atoms with Gasteiger partial charge in [0.1, 0.15) is 5.75 Å². The van der Waals surface area contributed by atoms with Crippen molar-refractivity contribution in [3.63, 3.8) is 0 Å². The summed E-state index contributed by atoms with van der Waals surface area (Å²) >= 11 is 3.57. The Morgan fingerprint density at radius 3 is 2.29 bits per heavy atom. The van der Waals surface area contributed by atoms with E-state index in [4.69, 9.17) is 10.5 Å². The lowest BCUT2D eigenvalue weighted by Crippen LogP contribution is -2.07. The first-order valence-electron chi connectivity index (χ1n) is 7.32. The van der Waals surface area contributed by atoms with Crippen molar-refractivity contribution in [1.29, 1.82) is 0 Å². The molecule has 0 amide bonds. The van der Waals surface area contributed by atoms with Gasteiger partial charge in [-0.1, -0.05) is 31.2 Å². The molecule has 112 valence electrons. The summed E-state index contributed by atoms with van der Waals surface area (Å²) in [4.78, 5) is 0. The van der Waals surface area contributed by atoms with E-state index < -0.39 is 0 Å². The number of nitrogen functional groups attached to an aromatic ring is 1. The summed E-state index contributed by atoms with van der Waals surface area (Å²) in [6, 6.07) is 12.7. The van der Waals surface area contributed by atoms with Crippen LogP contribution in [-0.2, 0) is 12.8 Å². The largest absolute Gasteiger partial charge is 0.490 e. The van der Waals surface area contributed by atoms with E-state index in [1.165, 1.54) is 11.1 Å².